The molecular weight excluding hydrogens is 244 g/mol. The third kappa shape index (κ3) is 4.79. The van der Waals surface area contributed by atoms with Gasteiger partial charge in [0.1, 0.15) is 11.5 Å². The van der Waals surface area contributed by atoms with Crippen LogP contribution in [0.25, 0.3) is 0 Å². The lowest BCUT2D eigenvalue weighted by Crippen LogP contribution is -2.35. The van der Waals surface area contributed by atoms with Gasteiger partial charge in [0.05, 0.1) is 7.11 Å². The van der Waals surface area contributed by atoms with Crippen LogP contribution in [-0.4, -0.2) is 25.7 Å². The van der Waals surface area contributed by atoms with Crippen LogP contribution in [0.4, 0.5) is 0 Å². The summed E-state index contributed by atoms with van der Waals surface area (Å²) < 4.78 is 10.6. The molecule has 0 fully saturated rings. The van der Waals surface area contributed by atoms with E-state index in [0.717, 1.165) is 17.7 Å². The number of carbonyl (C=O) groups excluding carboxylic acids is 1. The van der Waals surface area contributed by atoms with E-state index in [-0.39, 0.29) is 18.6 Å². The third-order valence-electron chi connectivity index (χ3n) is 2.87. The van der Waals surface area contributed by atoms with E-state index in [4.69, 9.17) is 15.2 Å². The van der Waals surface area contributed by atoms with Crippen molar-refractivity contribution in [1.29, 1.82) is 0 Å². The SMILES string of the molecule is CCC(C)NC(=O)COc1ccc(OC)cc1CN. The van der Waals surface area contributed by atoms with Crippen LogP contribution in [0.2, 0.25) is 0 Å². The summed E-state index contributed by atoms with van der Waals surface area (Å²) in [6.45, 7) is 4.29. The summed E-state index contributed by atoms with van der Waals surface area (Å²) in [6, 6.07) is 5.50. The number of methoxy groups -OCH3 is 1. The smallest absolute Gasteiger partial charge is 0.258 e. The summed E-state index contributed by atoms with van der Waals surface area (Å²) in [5.41, 5.74) is 6.46. The quantitative estimate of drug-likeness (QED) is 0.783. The second kappa shape index (κ2) is 7.63. The molecule has 1 aromatic carbocycles. The molecule has 0 aliphatic rings. The van der Waals surface area contributed by atoms with E-state index in [2.05, 4.69) is 5.32 Å². The molecule has 106 valence electrons. The van der Waals surface area contributed by atoms with Crippen LogP contribution < -0.4 is 20.5 Å². The van der Waals surface area contributed by atoms with Crippen molar-refractivity contribution in [3.8, 4) is 11.5 Å². The first-order valence-electron chi connectivity index (χ1n) is 6.39. The van der Waals surface area contributed by atoms with Crippen molar-refractivity contribution in [2.24, 2.45) is 5.73 Å². The summed E-state index contributed by atoms with van der Waals surface area (Å²) in [5, 5.41) is 2.84. The lowest BCUT2D eigenvalue weighted by atomic mass is 10.2. The van der Waals surface area contributed by atoms with Crippen molar-refractivity contribution in [3.05, 3.63) is 23.8 Å². The van der Waals surface area contributed by atoms with Gasteiger partial charge in [0.15, 0.2) is 6.61 Å². The molecule has 19 heavy (non-hydrogen) atoms. The van der Waals surface area contributed by atoms with Gasteiger partial charge in [-0.1, -0.05) is 6.92 Å². The second-order valence-electron chi connectivity index (χ2n) is 4.34. The predicted molar refractivity (Wildman–Crippen MR) is 74.3 cm³/mol. The fourth-order valence-corrected chi connectivity index (χ4v) is 1.54. The highest BCUT2D eigenvalue weighted by Gasteiger charge is 2.09. The number of ether oxygens (including phenoxy) is 2. The molecule has 1 aromatic rings. The predicted octanol–water partition coefficient (Wildman–Crippen LogP) is 1.45. The van der Waals surface area contributed by atoms with E-state index in [1.165, 1.54) is 0 Å². The fraction of sp³-hybridized carbons (Fsp3) is 0.500. The van der Waals surface area contributed by atoms with E-state index < -0.39 is 0 Å². The number of hydrogen-bond donors (Lipinski definition) is 2. The molecule has 0 saturated heterocycles. The number of carbonyl (C=O) groups is 1. The zero-order valence-corrected chi connectivity index (χ0v) is 11.7. The van der Waals surface area contributed by atoms with Gasteiger partial charge in [0.2, 0.25) is 0 Å². The fourth-order valence-electron chi connectivity index (χ4n) is 1.54. The molecule has 5 heteroatoms. The molecule has 1 unspecified atom stereocenters. The zero-order valence-electron chi connectivity index (χ0n) is 11.7. The monoisotopic (exact) mass is 266 g/mol. The van der Waals surface area contributed by atoms with Crippen molar-refractivity contribution in [2.75, 3.05) is 13.7 Å². The molecule has 1 rings (SSSR count). The molecule has 1 amide bonds. The number of nitrogens with one attached hydrogen (secondary N) is 1. The summed E-state index contributed by atoms with van der Waals surface area (Å²) in [7, 11) is 1.59. The maximum atomic E-state index is 11.6. The Bertz CT molecular complexity index is 421. The molecule has 0 aromatic heterocycles. The molecule has 0 radical (unpaired) electrons. The molecule has 5 nitrogen and oxygen atoms in total. The molecule has 0 heterocycles. The van der Waals surface area contributed by atoms with Crippen LogP contribution in [0.3, 0.4) is 0 Å². The van der Waals surface area contributed by atoms with Crippen LogP contribution in [0, 0.1) is 0 Å². The minimum absolute atomic E-state index is 0.0102. The van der Waals surface area contributed by atoms with Gasteiger partial charge < -0.3 is 20.5 Å². The Labute approximate surface area is 114 Å². The first-order valence-corrected chi connectivity index (χ1v) is 6.39. The molecule has 1 atom stereocenters. The normalized spacial score (nSPS) is 11.8. The highest BCUT2D eigenvalue weighted by molar-refractivity contribution is 5.77. The Morgan fingerprint density at radius 2 is 2.21 bits per heavy atom. The van der Waals surface area contributed by atoms with Gasteiger partial charge >= 0.3 is 0 Å². The lowest BCUT2D eigenvalue weighted by molar-refractivity contribution is -0.123. The molecule has 0 aliphatic carbocycles. The molecular formula is C14H22N2O3. The average molecular weight is 266 g/mol. The van der Waals surface area contributed by atoms with Crippen LogP contribution in [0.1, 0.15) is 25.8 Å². The average Bonchev–Trinajstić information content (AvgIpc) is 2.44. The molecule has 3 N–H and O–H groups in total. The Morgan fingerprint density at radius 3 is 2.79 bits per heavy atom. The van der Waals surface area contributed by atoms with Gasteiger partial charge in [0.25, 0.3) is 5.91 Å². The number of rotatable bonds is 7. The van der Waals surface area contributed by atoms with E-state index >= 15 is 0 Å². The first kappa shape index (κ1) is 15.3. The van der Waals surface area contributed by atoms with Crippen molar-refractivity contribution in [2.45, 2.75) is 32.9 Å². The van der Waals surface area contributed by atoms with Crippen molar-refractivity contribution in [1.82, 2.24) is 5.32 Å². The van der Waals surface area contributed by atoms with Gasteiger partial charge in [-0.3, -0.25) is 4.79 Å². The molecule has 0 saturated carbocycles. The summed E-state index contributed by atoms with van der Waals surface area (Å²) >= 11 is 0. The van der Waals surface area contributed by atoms with E-state index in [1.54, 1.807) is 19.2 Å². The third-order valence-corrected chi connectivity index (χ3v) is 2.87. The number of nitrogens with two attached hydrogens (primary N) is 1. The van der Waals surface area contributed by atoms with E-state index in [1.807, 2.05) is 19.9 Å². The Kier molecular flexibility index (Phi) is 6.15. The summed E-state index contributed by atoms with van der Waals surface area (Å²) in [6.07, 6.45) is 0.891. The summed E-state index contributed by atoms with van der Waals surface area (Å²) in [4.78, 5) is 11.6. The highest BCUT2D eigenvalue weighted by atomic mass is 16.5. The van der Waals surface area contributed by atoms with Gasteiger partial charge in [0, 0.05) is 18.2 Å². The molecule has 0 spiro atoms. The standard InChI is InChI=1S/C14H22N2O3/c1-4-10(2)16-14(17)9-19-13-6-5-12(18-3)7-11(13)8-15/h5-7,10H,4,8-9,15H2,1-3H3,(H,16,17). The zero-order chi connectivity index (χ0) is 14.3. The van der Waals surface area contributed by atoms with Gasteiger partial charge in [-0.05, 0) is 31.5 Å². The highest BCUT2D eigenvalue weighted by Crippen LogP contribution is 2.23. The molecule has 0 aliphatic heterocycles. The molecule has 0 bridgehead atoms. The maximum absolute atomic E-state index is 11.6. The van der Waals surface area contributed by atoms with Crippen LogP contribution in [0.15, 0.2) is 18.2 Å². The maximum Gasteiger partial charge on any atom is 0.258 e. The van der Waals surface area contributed by atoms with E-state index in [0.29, 0.717) is 12.3 Å². The Balaban J connectivity index is 2.59. The number of benzene rings is 1. The number of amides is 1. The Hall–Kier alpha value is -1.75. The first-order chi connectivity index (χ1) is 9.10. The van der Waals surface area contributed by atoms with Gasteiger partial charge in [-0.2, -0.15) is 0 Å². The second-order valence-corrected chi connectivity index (χ2v) is 4.34. The van der Waals surface area contributed by atoms with E-state index in [9.17, 15) is 4.79 Å². The Morgan fingerprint density at radius 1 is 1.47 bits per heavy atom. The van der Waals surface area contributed by atoms with Gasteiger partial charge in [-0.15, -0.1) is 0 Å². The summed E-state index contributed by atoms with van der Waals surface area (Å²) in [5.74, 6) is 1.20. The van der Waals surface area contributed by atoms with Crippen LogP contribution in [0.5, 0.6) is 11.5 Å². The minimum atomic E-state index is -0.131. The van der Waals surface area contributed by atoms with Gasteiger partial charge in [-0.25, -0.2) is 0 Å². The number of hydrogen-bond acceptors (Lipinski definition) is 4. The van der Waals surface area contributed by atoms with Crippen LogP contribution >= 0.6 is 0 Å². The topological polar surface area (TPSA) is 73.6 Å². The minimum Gasteiger partial charge on any atom is -0.497 e. The largest absolute Gasteiger partial charge is 0.497 e. The van der Waals surface area contributed by atoms with Crippen molar-refractivity contribution in [3.63, 3.8) is 0 Å². The lowest BCUT2D eigenvalue weighted by Gasteiger charge is -2.14. The van der Waals surface area contributed by atoms with Crippen LogP contribution in [-0.2, 0) is 11.3 Å². The van der Waals surface area contributed by atoms with Crippen molar-refractivity contribution < 1.29 is 14.3 Å². The van der Waals surface area contributed by atoms with Crippen molar-refractivity contribution >= 4 is 5.91 Å².